The first kappa shape index (κ1) is 19.6. The number of anilines is 1. The molecule has 0 fully saturated rings. The van der Waals surface area contributed by atoms with Gasteiger partial charge >= 0.3 is 5.97 Å². The number of hydrogen-bond acceptors (Lipinski definition) is 4. The highest BCUT2D eigenvalue weighted by molar-refractivity contribution is 6.30. The highest BCUT2D eigenvalue weighted by Gasteiger charge is 2.17. The molecule has 0 radical (unpaired) electrons. The van der Waals surface area contributed by atoms with Crippen LogP contribution in [0.25, 0.3) is 0 Å². The number of amides is 1. The van der Waals surface area contributed by atoms with Crippen molar-refractivity contribution in [3.05, 3.63) is 59.1 Å². The fraction of sp³-hybridized carbons (Fsp3) is 0.263. The quantitative estimate of drug-likeness (QED) is 0.623. The van der Waals surface area contributed by atoms with E-state index in [1.165, 1.54) is 0 Å². The fourth-order valence-electron chi connectivity index (χ4n) is 2.51. The Balaban J connectivity index is 1.92. The normalized spacial score (nSPS) is 11.5. The zero-order valence-corrected chi connectivity index (χ0v) is 15.1. The van der Waals surface area contributed by atoms with Crippen LogP contribution in [0.15, 0.2) is 48.5 Å². The molecule has 7 heteroatoms. The van der Waals surface area contributed by atoms with E-state index in [1.807, 2.05) is 18.2 Å². The molecule has 26 heavy (non-hydrogen) atoms. The van der Waals surface area contributed by atoms with Crippen LogP contribution in [0.2, 0.25) is 5.02 Å². The monoisotopic (exact) mass is 376 g/mol. The van der Waals surface area contributed by atoms with Crippen molar-refractivity contribution in [1.82, 2.24) is 5.32 Å². The Bertz CT molecular complexity index is 752. The Morgan fingerprint density at radius 3 is 2.58 bits per heavy atom. The average Bonchev–Trinajstić information content (AvgIpc) is 2.62. The molecule has 1 atom stereocenters. The molecule has 1 amide bonds. The van der Waals surface area contributed by atoms with Crippen LogP contribution in [0.4, 0.5) is 5.69 Å². The van der Waals surface area contributed by atoms with Crippen molar-refractivity contribution in [2.75, 3.05) is 19.0 Å². The summed E-state index contributed by atoms with van der Waals surface area (Å²) < 4.78 is 5.24. The number of halogens is 1. The summed E-state index contributed by atoms with van der Waals surface area (Å²) in [5.74, 6) is -0.586. The van der Waals surface area contributed by atoms with Crippen molar-refractivity contribution in [2.45, 2.75) is 18.9 Å². The van der Waals surface area contributed by atoms with Crippen LogP contribution in [0.1, 0.15) is 24.4 Å². The molecule has 0 aliphatic carbocycles. The maximum Gasteiger partial charge on any atom is 0.305 e. The Kier molecular flexibility index (Phi) is 7.29. The number of carbonyl (C=O) groups is 2. The smallest absolute Gasteiger partial charge is 0.305 e. The number of ether oxygens (including phenoxy) is 1. The number of hydrogen-bond donors (Lipinski definition) is 3. The molecule has 0 spiro atoms. The number of methoxy groups -OCH3 is 1. The van der Waals surface area contributed by atoms with Gasteiger partial charge in [-0.2, -0.15) is 0 Å². The van der Waals surface area contributed by atoms with E-state index in [0.717, 1.165) is 5.56 Å². The summed E-state index contributed by atoms with van der Waals surface area (Å²) in [5, 5.41) is 15.5. The van der Waals surface area contributed by atoms with E-state index in [2.05, 4.69) is 10.6 Å². The van der Waals surface area contributed by atoms with Crippen molar-refractivity contribution in [3.63, 3.8) is 0 Å². The lowest BCUT2D eigenvalue weighted by molar-refractivity contribution is -0.137. The second kappa shape index (κ2) is 9.68. The van der Waals surface area contributed by atoms with Crippen LogP contribution < -0.4 is 15.4 Å². The molecule has 6 nitrogen and oxygen atoms in total. The Hall–Kier alpha value is -2.73. The SMILES string of the molecule is COc1ccc(Cl)cc1NCCC(=O)NC(CC(=O)O)c1ccccc1. The van der Waals surface area contributed by atoms with Crippen LogP contribution in [0, 0.1) is 0 Å². The van der Waals surface area contributed by atoms with E-state index in [-0.39, 0.29) is 18.7 Å². The summed E-state index contributed by atoms with van der Waals surface area (Å²) in [6, 6.07) is 13.7. The van der Waals surface area contributed by atoms with Crippen molar-refractivity contribution >= 4 is 29.2 Å². The third-order valence-electron chi connectivity index (χ3n) is 3.74. The topological polar surface area (TPSA) is 87.7 Å². The van der Waals surface area contributed by atoms with Gasteiger partial charge in [-0.15, -0.1) is 0 Å². The Labute approximate surface area is 157 Å². The minimum Gasteiger partial charge on any atom is -0.495 e. The van der Waals surface area contributed by atoms with Gasteiger partial charge in [-0.05, 0) is 23.8 Å². The standard InChI is InChI=1S/C19H21ClN2O4/c1-26-17-8-7-14(20)11-16(17)21-10-9-18(23)22-15(12-19(24)25)13-5-3-2-4-6-13/h2-8,11,15,21H,9-10,12H2,1H3,(H,22,23)(H,24,25). The molecule has 0 heterocycles. The van der Waals surface area contributed by atoms with Gasteiger partial charge in [0.2, 0.25) is 5.91 Å². The largest absolute Gasteiger partial charge is 0.495 e. The summed E-state index contributed by atoms with van der Waals surface area (Å²) in [6.07, 6.45) is 0.00389. The van der Waals surface area contributed by atoms with E-state index < -0.39 is 12.0 Å². The molecule has 0 saturated carbocycles. The predicted molar refractivity (Wildman–Crippen MR) is 101 cm³/mol. The van der Waals surface area contributed by atoms with Gasteiger partial charge in [0.05, 0.1) is 25.3 Å². The maximum absolute atomic E-state index is 12.2. The maximum atomic E-state index is 12.2. The first-order valence-corrected chi connectivity index (χ1v) is 8.51. The van der Waals surface area contributed by atoms with Crippen LogP contribution >= 0.6 is 11.6 Å². The summed E-state index contributed by atoms with van der Waals surface area (Å²) in [4.78, 5) is 23.3. The van der Waals surface area contributed by atoms with E-state index >= 15 is 0 Å². The lowest BCUT2D eigenvalue weighted by atomic mass is 10.0. The Morgan fingerprint density at radius 1 is 1.19 bits per heavy atom. The molecule has 138 valence electrons. The van der Waals surface area contributed by atoms with Gasteiger partial charge in [-0.25, -0.2) is 0 Å². The molecule has 0 bridgehead atoms. The first-order chi connectivity index (χ1) is 12.5. The third-order valence-corrected chi connectivity index (χ3v) is 3.98. The summed E-state index contributed by atoms with van der Waals surface area (Å²) in [5.41, 5.74) is 1.45. The predicted octanol–water partition coefficient (Wildman–Crippen LogP) is 3.48. The van der Waals surface area contributed by atoms with Crippen LogP contribution in [0.5, 0.6) is 5.75 Å². The van der Waals surface area contributed by atoms with Gasteiger partial charge in [0.1, 0.15) is 5.75 Å². The van der Waals surface area contributed by atoms with Gasteiger partial charge in [-0.1, -0.05) is 41.9 Å². The summed E-state index contributed by atoms with van der Waals surface area (Å²) in [6.45, 7) is 0.358. The van der Waals surface area contributed by atoms with Crippen LogP contribution in [-0.2, 0) is 9.59 Å². The molecule has 0 aromatic heterocycles. The average molecular weight is 377 g/mol. The van der Waals surface area contributed by atoms with E-state index in [0.29, 0.717) is 23.0 Å². The molecular formula is C19H21ClN2O4. The molecule has 2 aromatic rings. The number of carboxylic acid groups (broad SMARTS) is 1. The molecule has 0 aliphatic heterocycles. The van der Waals surface area contributed by atoms with E-state index in [1.54, 1.807) is 37.4 Å². The van der Waals surface area contributed by atoms with Gasteiger partial charge in [0.15, 0.2) is 0 Å². The van der Waals surface area contributed by atoms with Gasteiger partial charge in [0, 0.05) is 18.0 Å². The molecule has 2 aromatic carbocycles. The number of carbonyl (C=O) groups excluding carboxylic acids is 1. The van der Waals surface area contributed by atoms with Crippen LogP contribution in [0.3, 0.4) is 0 Å². The minimum atomic E-state index is -0.971. The van der Waals surface area contributed by atoms with Crippen molar-refractivity contribution in [1.29, 1.82) is 0 Å². The summed E-state index contributed by atoms with van der Waals surface area (Å²) in [7, 11) is 1.55. The molecule has 3 N–H and O–H groups in total. The number of benzene rings is 2. The van der Waals surface area contributed by atoms with Gasteiger partial charge in [0.25, 0.3) is 0 Å². The molecule has 2 rings (SSSR count). The highest BCUT2D eigenvalue weighted by Crippen LogP contribution is 2.27. The number of nitrogens with one attached hydrogen (secondary N) is 2. The lowest BCUT2D eigenvalue weighted by Gasteiger charge is -2.18. The molecule has 1 unspecified atom stereocenters. The van der Waals surface area contributed by atoms with E-state index in [4.69, 9.17) is 21.4 Å². The lowest BCUT2D eigenvalue weighted by Crippen LogP contribution is -2.31. The van der Waals surface area contributed by atoms with Gasteiger partial charge in [-0.3, -0.25) is 9.59 Å². The van der Waals surface area contributed by atoms with Gasteiger partial charge < -0.3 is 20.5 Å². The van der Waals surface area contributed by atoms with Crippen molar-refractivity contribution < 1.29 is 19.4 Å². The number of rotatable bonds is 9. The molecular weight excluding hydrogens is 356 g/mol. The Morgan fingerprint density at radius 2 is 1.92 bits per heavy atom. The molecule has 0 saturated heterocycles. The second-order valence-corrected chi connectivity index (χ2v) is 6.09. The summed E-state index contributed by atoms with van der Waals surface area (Å²) >= 11 is 5.97. The molecule has 0 aliphatic rings. The van der Waals surface area contributed by atoms with Crippen molar-refractivity contribution in [2.24, 2.45) is 0 Å². The van der Waals surface area contributed by atoms with Crippen LogP contribution in [-0.4, -0.2) is 30.6 Å². The minimum absolute atomic E-state index is 0.175. The second-order valence-electron chi connectivity index (χ2n) is 5.65. The highest BCUT2D eigenvalue weighted by atomic mass is 35.5. The third kappa shape index (κ3) is 5.97. The first-order valence-electron chi connectivity index (χ1n) is 8.13. The zero-order valence-electron chi connectivity index (χ0n) is 14.4. The van der Waals surface area contributed by atoms with Crippen molar-refractivity contribution in [3.8, 4) is 5.75 Å². The van der Waals surface area contributed by atoms with E-state index in [9.17, 15) is 9.59 Å². The number of carboxylic acids is 1. The fourth-order valence-corrected chi connectivity index (χ4v) is 2.68. The zero-order chi connectivity index (χ0) is 18.9. The number of aliphatic carboxylic acids is 1.